The highest BCUT2D eigenvalue weighted by Gasteiger charge is 2.35. The molecule has 0 aliphatic carbocycles. The van der Waals surface area contributed by atoms with E-state index in [1.54, 1.807) is 23.4 Å². The molecule has 0 bridgehead atoms. The van der Waals surface area contributed by atoms with E-state index in [1.807, 2.05) is 26.8 Å². The van der Waals surface area contributed by atoms with Crippen LogP contribution in [0.5, 0.6) is 5.75 Å². The van der Waals surface area contributed by atoms with E-state index in [2.05, 4.69) is 11.6 Å². The fourth-order valence-electron chi connectivity index (χ4n) is 1.99. The van der Waals surface area contributed by atoms with Crippen molar-refractivity contribution in [2.24, 2.45) is 0 Å². The van der Waals surface area contributed by atoms with Gasteiger partial charge in [0.2, 0.25) is 0 Å². The molecular weight excluding hydrogens is 268 g/mol. The Balaban J connectivity index is 1.86. The highest BCUT2D eigenvalue weighted by atomic mass is 16.6. The van der Waals surface area contributed by atoms with Crippen LogP contribution in [0.25, 0.3) is 6.08 Å². The van der Waals surface area contributed by atoms with Crippen molar-refractivity contribution in [1.82, 2.24) is 9.88 Å². The lowest BCUT2D eigenvalue weighted by Gasteiger charge is -2.40. The molecule has 1 aromatic rings. The third-order valence-electron chi connectivity index (χ3n) is 3.18. The van der Waals surface area contributed by atoms with Crippen LogP contribution >= 0.6 is 0 Å². The number of rotatable bonds is 4. The van der Waals surface area contributed by atoms with Gasteiger partial charge >= 0.3 is 6.09 Å². The lowest BCUT2D eigenvalue weighted by Crippen LogP contribution is -2.55. The molecule has 1 atom stereocenters. The summed E-state index contributed by atoms with van der Waals surface area (Å²) in [4.78, 5) is 17.8. The average molecular weight is 290 g/mol. The van der Waals surface area contributed by atoms with Gasteiger partial charge in [0.1, 0.15) is 18.0 Å². The highest BCUT2D eigenvalue weighted by Crippen LogP contribution is 2.22. The summed E-state index contributed by atoms with van der Waals surface area (Å²) < 4.78 is 11.1. The number of pyridine rings is 1. The van der Waals surface area contributed by atoms with Crippen LogP contribution in [0.4, 0.5) is 4.79 Å². The van der Waals surface area contributed by atoms with E-state index < -0.39 is 5.60 Å². The summed E-state index contributed by atoms with van der Waals surface area (Å²) >= 11 is 0. The van der Waals surface area contributed by atoms with Crippen molar-refractivity contribution >= 4 is 12.2 Å². The van der Waals surface area contributed by atoms with Gasteiger partial charge in [0.15, 0.2) is 0 Å². The Morgan fingerprint density at radius 2 is 2.29 bits per heavy atom. The summed E-state index contributed by atoms with van der Waals surface area (Å²) in [6.45, 7) is 10.5. The van der Waals surface area contributed by atoms with E-state index in [-0.39, 0.29) is 12.1 Å². The van der Waals surface area contributed by atoms with Crippen LogP contribution in [0.3, 0.4) is 0 Å². The molecule has 0 N–H and O–H groups in total. The lowest BCUT2D eigenvalue weighted by molar-refractivity contribution is -0.0141. The first-order valence-corrected chi connectivity index (χ1v) is 7.09. The summed E-state index contributed by atoms with van der Waals surface area (Å²) in [7, 11) is 0. The Bertz CT molecular complexity index is 522. The number of carbonyl (C=O) groups excluding carboxylic acids is 1. The van der Waals surface area contributed by atoms with Gasteiger partial charge < -0.3 is 14.4 Å². The number of hydrogen-bond acceptors (Lipinski definition) is 4. The highest BCUT2D eigenvalue weighted by molar-refractivity contribution is 5.69. The molecule has 5 nitrogen and oxygen atoms in total. The van der Waals surface area contributed by atoms with E-state index in [4.69, 9.17) is 9.47 Å². The molecule has 1 fully saturated rings. The summed E-state index contributed by atoms with van der Waals surface area (Å²) in [5.74, 6) is 0.684. The SMILES string of the molecule is C=Cc1cncc(OC[C@@H]2CCN2C(=O)OC(C)(C)C)c1. The lowest BCUT2D eigenvalue weighted by atomic mass is 10.1. The zero-order valence-electron chi connectivity index (χ0n) is 12.8. The molecule has 1 aromatic heterocycles. The standard InChI is InChI=1S/C16H22N2O3/c1-5-12-8-14(10-17-9-12)20-11-13-6-7-18(13)15(19)21-16(2,3)4/h5,8-10,13H,1,6-7,11H2,2-4H3/t13-/m0/s1. The zero-order valence-corrected chi connectivity index (χ0v) is 12.8. The number of carbonyl (C=O) groups is 1. The van der Waals surface area contributed by atoms with Crippen LogP contribution in [0.15, 0.2) is 25.0 Å². The molecule has 0 saturated carbocycles. The molecule has 5 heteroatoms. The van der Waals surface area contributed by atoms with Gasteiger partial charge in [-0.25, -0.2) is 4.79 Å². The number of nitrogens with zero attached hydrogens (tertiary/aromatic N) is 2. The van der Waals surface area contributed by atoms with Gasteiger partial charge in [-0.15, -0.1) is 0 Å². The van der Waals surface area contributed by atoms with Gasteiger partial charge in [0.05, 0.1) is 12.2 Å². The summed E-state index contributed by atoms with van der Waals surface area (Å²) in [6.07, 6.45) is 5.74. The topological polar surface area (TPSA) is 51.7 Å². The Morgan fingerprint density at radius 1 is 1.52 bits per heavy atom. The Hall–Kier alpha value is -2.04. The largest absolute Gasteiger partial charge is 0.490 e. The van der Waals surface area contributed by atoms with Crippen molar-refractivity contribution in [3.63, 3.8) is 0 Å². The van der Waals surface area contributed by atoms with Gasteiger partial charge in [0, 0.05) is 12.7 Å². The van der Waals surface area contributed by atoms with Crippen molar-refractivity contribution in [2.45, 2.75) is 38.8 Å². The van der Waals surface area contributed by atoms with Crippen molar-refractivity contribution in [1.29, 1.82) is 0 Å². The second-order valence-electron chi connectivity index (χ2n) is 6.09. The second-order valence-corrected chi connectivity index (χ2v) is 6.09. The molecule has 0 radical (unpaired) electrons. The maximum absolute atomic E-state index is 12.0. The predicted molar refractivity (Wildman–Crippen MR) is 81.2 cm³/mol. The fraction of sp³-hybridized carbons (Fsp3) is 0.500. The fourth-order valence-corrected chi connectivity index (χ4v) is 1.99. The van der Waals surface area contributed by atoms with Crippen LogP contribution < -0.4 is 4.74 Å². The van der Waals surface area contributed by atoms with Gasteiger partial charge in [0.25, 0.3) is 0 Å². The maximum atomic E-state index is 12.0. The van der Waals surface area contributed by atoms with Crippen molar-refractivity contribution in [3.8, 4) is 5.75 Å². The quantitative estimate of drug-likeness (QED) is 0.855. The molecular formula is C16H22N2O3. The average Bonchev–Trinajstić information content (AvgIpc) is 2.35. The third kappa shape index (κ3) is 4.21. The minimum atomic E-state index is -0.472. The van der Waals surface area contributed by atoms with Gasteiger partial charge in [-0.05, 0) is 38.8 Å². The first-order valence-electron chi connectivity index (χ1n) is 7.09. The Kier molecular flexibility index (Phi) is 4.50. The molecule has 0 unspecified atom stereocenters. The first-order chi connectivity index (χ1) is 9.89. The van der Waals surface area contributed by atoms with Gasteiger partial charge in [-0.3, -0.25) is 4.98 Å². The van der Waals surface area contributed by atoms with E-state index >= 15 is 0 Å². The molecule has 0 spiro atoms. The number of amides is 1. The van der Waals surface area contributed by atoms with E-state index in [0.717, 1.165) is 12.0 Å². The molecule has 1 aliphatic rings. The van der Waals surface area contributed by atoms with Crippen molar-refractivity contribution in [3.05, 3.63) is 30.6 Å². The Labute approximate surface area is 125 Å². The number of aromatic nitrogens is 1. The van der Waals surface area contributed by atoms with E-state index in [0.29, 0.717) is 18.9 Å². The number of ether oxygens (including phenoxy) is 2. The zero-order chi connectivity index (χ0) is 15.5. The molecule has 0 aromatic carbocycles. The summed E-state index contributed by atoms with van der Waals surface area (Å²) in [5.41, 5.74) is 0.436. The summed E-state index contributed by atoms with van der Waals surface area (Å²) in [5, 5.41) is 0. The second kappa shape index (κ2) is 6.16. The summed E-state index contributed by atoms with van der Waals surface area (Å²) in [6, 6.07) is 1.93. The van der Waals surface area contributed by atoms with Crippen molar-refractivity contribution < 1.29 is 14.3 Å². The first kappa shape index (κ1) is 15.4. The normalized spacial score (nSPS) is 17.9. The van der Waals surface area contributed by atoms with Crippen LogP contribution in [-0.2, 0) is 4.74 Å². The van der Waals surface area contributed by atoms with Crippen LogP contribution in [0.2, 0.25) is 0 Å². The number of hydrogen-bond donors (Lipinski definition) is 0. The minimum absolute atomic E-state index is 0.0623. The Morgan fingerprint density at radius 3 is 2.86 bits per heavy atom. The van der Waals surface area contributed by atoms with Crippen LogP contribution in [0.1, 0.15) is 32.8 Å². The monoisotopic (exact) mass is 290 g/mol. The van der Waals surface area contributed by atoms with E-state index in [9.17, 15) is 4.79 Å². The van der Waals surface area contributed by atoms with Gasteiger partial charge in [-0.2, -0.15) is 0 Å². The smallest absolute Gasteiger partial charge is 0.410 e. The third-order valence-corrected chi connectivity index (χ3v) is 3.18. The maximum Gasteiger partial charge on any atom is 0.410 e. The molecule has 1 aliphatic heterocycles. The van der Waals surface area contributed by atoms with Crippen molar-refractivity contribution in [2.75, 3.05) is 13.2 Å². The predicted octanol–water partition coefficient (Wildman–Crippen LogP) is 3.11. The van der Waals surface area contributed by atoms with Gasteiger partial charge in [-0.1, -0.05) is 12.7 Å². The molecule has 21 heavy (non-hydrogen) atoms. The minimum Gasteiger partial charge on any atom is -0.490 e. The van der Waals surface area contributed by atoms with E-state index in [1.165, 1.54) is 0 Å². The molecule has 1 amide bonds. The molecule has 1 saturated heterocycles. The van der Waals surface area contributed by atoms with Crippen LogP contribution in [-0.4, -0.2) is 40.8 Å². The number of likely N-dealkylation sites (tertiary alicyclic amines) is 1. The molecule has 2 rings (SSSR count). The van der Waals surface area contributed by atoms with Crippen LogP contribution in [0, 0.1) is 0 Å². The molecule has 2 heterocycles. The molecule has 114 valence electrons.